The second-order valence-electron chi connectivity index (χ2n) is 6.96. The molecular formula is C19H14FN9O2. The lowest BCUT2D eigenvalue weighted by Gasteiger charge is -2.06. The minimum atomic E-state index is -0.627. The molecule has 11 nitrogen and oxygen atoms in total. The number of hydrogen-bond donors (Lipinski definition) is 4. The molecular weight excluding hydrogens is 405 g/mol. The zero-order chi connectivity index (χ0) is 21.5. The predicted molar refractivity (Wildman–Crippen MR) is 106 cm³/mol. The molecule has 1 aromatic carbocycles. The smallest absolute Gasteiger partial charge is 0.326 e. The maximum Gasteiger partial charge on any atom is 0.326 e. The molecule has 3 heterocycles. The number of rotatable bonds is 4. The summed E-state index contributed by atoms with van der Waals surface area (Å²) < 4.78 is 15.8. The molecule has 0 bridgehead atoms. The molecule has 3 aromatic heterocycles. The van der Waals surface area contributed by atoms with Crippen LogP contribution in [-0.4, -0.2) is 40.7 Å². The van der Waals surface area contributed by atoms with Crippen LogP contribution in [0.2, 0.25) is 0 Å². The first kappa shape index (κ1) is 18.5. The number of aromatic amines is 2. The number of anilines is 2. The minimum absolute atomic E-state index is 0.0810. The van der Waals surface area contributed by atoms with Crippen LogP contribution in [0.15, 0.2) is 34.2 Å². The van der Waals surface area contributed by atoms with Gasteiger partial charge in [0.25, 0.3) is 5.62 Å². The Morgan fingerprint density at radius 3 is 2.87 bits per heavy atom. The Bertz CT molecular complexity index is 1540. The fraction of sp³-hybridized carbons (Fsp3) is 0.158. The number of nitriles is 1. The molecule has 4 N–H and O–H groups in total. The molecule has 5 rings (SSSR count). The Kier molecular flexibility index (Phi) is 4.21. The summed E-state index contributed by atoms with van der Waals surface area (Å²) in [4.78, 5) is 29.4. The van der Waals surface area contributed by atoms with Gasteiger partial charge < -0.3 is 15.4 Å². The molecule has 12 heteroatoms. The summed E-state index contributed by atoms with van der Waals surface area (Å²) in [6, 6.07) is 6.02. The van der Waals surface area contributed by atoms with Gasteiger partial charge >= 0.3 is 5.69 Å². The average Bonchev–Trinajstić information content (AvgIpc) is 3.38. The third-order valence-electron chi connectivity index (χ3n) is 4.60. The van der Waals surface area contributed by atoms with Gasteiger partial charge in [-0.05, 0) is 37.1 Å². The number of fused-ring (bicyclic) bond motifs is 1. The monoisotopic (exact) mass is 419 g/mol. The number of imidazole rings is 1. The number of nitrogens with one attached hydrogen (secondary N) is 3. The number of hydrogen-bond acceptors (Lipinski definition) is 8. The van der Waals surface area contributed by atoms with Crippen LogP contribution in [0.1, 0.15) is 24.1 Å². The zero-order valence-electron chi connectivity index (χ0n) is 15.8. The fourth-order valence-corrected chi connectivity index (χ4v) is 2.94. The number of benzene rings is 1. The van der Waals surface area contributed by atoms with Crippen LogP contribution in [0.5, 0.6) is 5.88 Å². The molecule has 0 atom stereocenters. The van der Waals surface area contributed by atoms with Gasteiger partial charge in [-0.15, -0.1) is 0 Å². The molecule has 0 amide bonds. The molecule has 1 aliphatic carbocycles. The van der Waals surface area contributed by atoms with Crippen LogP contribution >= 0.6 is 0 Å². The molecule has 1 fully saturated rings. The van der Waals surface area contributed by atoms with Crippen molar-refractivity contribution in [1.29, 1.82) is 5.26 Å². The minimum Gasteiger partial charge on any atom is -0.493 e. The first-order valence-electron chi connectivity index (χ1n) is 9.29. The highest BCUT2D eigenvalue weighted by atomic mass is 19.1. The maximum absolute atomic E-state index is 14.3. The summed E-state index contributed by atoms with van der Waals surface area (Å²) in [5.74, 6) is -0.866. The number of H-pyrrole nitrogens is 2. The van der Waals surface area contributed by atoms with Gasteiger partial charge in [0.15, 0.2) is 5.65 Å². The Hall–Kier alpha value is -4.53. The highest BCUT2D eigenvalue weighted by Crippen LogP contribution is 2.22. The molecule has 0 unspecified atom stereocenters. The van der Waals surface area contributed by atoms with E-state index in [0.29, 0.717) is 10.9 Å². The van der Waals surface area contributed by atoms with Crippen molar-refractivity contribution in [2.45, 2.75) is 18.9 Å². The van der Waals surface area contributed by atoms with E-state index in [4.69, 9.17) is 5.26 Å². The van der Waals surface area contributed by atoms with Crippen molar-refractivity contribution in [3.05, 3.63) is 62.8 Å². The predicted octanol–water partition coefficient (Wildman–Crippen LogP) is 0.211. The van der Waals surface area contributed by atoms with E-state index >= 15 is 0 Å². The van der Waals surface area contributed by atoms with E-state index in [0.717, 1.165) is 18.9 Å². The van der Waals surface area contributed by atoms with Crippen LogP contribution in [-0.2, 0) is 0 Å². The van der Waals surface area contributed by atoms with E-state index in [9.17, 15) is 14.3 Å². The van der Waals surface area contributed by atoms with Crippen LogP contribution in [0, 0.1) is 17.1 Å². The number of nitrogens with zero attached hydrogens (tertiary/aromatic N) is 6. The van der Waals surface area contributed by atoms with Crippen molar-refractivity contribution in [2.75, 3.05) is 5.32 Å². The normalized spacial score (nSPS) is 14.8. The highest BCUT2D eigenvalue weighted by molar-refractivity contribution is 5.60. The van der Waals surface area contributed by atoms with Crippen LogP contribution in [0.4, 0.5) is 16.0 Å². The van der Waals surface area contributed by atoms with Crippen LogP contribution < -0.4 is 21.8 Å². The van der Waals surface area contributed by atoms with E-state index in [1.54, 1.807) is 0 Å². The van der Waals surface area contributed by atoms with Gasteiger partial charge in [0.2, 0.25) is 11.8 Å². The van der Waals surface area contributed by atoms with Gasteiger partial charge in [-0.1, -0.05) is 0 Å². The highest BCUT2D eigenvalue weighted by Gasteiger charge is 2.21. The molecule has 154 valence electrons. The lowest BCUT2D eigenvalue weighted by molar-refractivity contribution is 0.454. The van der Waals surface area contributed by atoms with Crippen LogP contribution in [0.3, 0.4) is 0 Å². The van der Waals surface area contributed by atoms with Crippen LogP contribution in [0.25, 0.3) is 11.7 Å². The first-order chi connectivity index (χ1) is 15.0. The fourth-order valence-electron chi connectivity index (χ4n) is 2.94. The lowest BCUT2D eigenvalue weighted by atomic mass is 10.2. The molecule has 0 saturated heterocycles. The standard InChI is InChI=1S/C19H14FN9O2/c20-12-5-9(7-21)1-4-13(12)24-17-26-15-10(6-14-16(30)27-19(31)25-14)8-22-29(15)18(28-17)23-11-2-3-11/h1,4-6,8,11,30H,2-3H2,(H,23,24,28)(H2,25,27,31)/b10-6+. The zero-order valence-corrected chi connectivity index (χ0v) is 15.8. The molecule has 0 radical (unpaired) electrons. The van der Waals surface area contributed by atoms with E-state index in [1.807, 2.05) is 6.07 Å². The third-order valence-corrected chi connectivity index (χ3v) is 4.60. The van der Waals surface area contributed by atoms with Crippen molar-refractivity contribution in [1.82, 2.24) is 29.5 Å². The number of halogens is 1. The maximum atomic E-state index is 14.3. The SMILES string of the molecule is N#Cc1ccc(Nc2nc(=NC3CC3)n3nc/c(=C\c4[nH]c(=O)[nH]c4O)c3n2)c(F)c1. The molecule has 31 heavy (non-hydrogen) atoms. The third kappa shape index (κ3) is 3.60. The van der Waals surface area contributed by atoms with Crippen molar-refractivity contribution in [3.63, 3.8) is 0 Å². The van der Waals surface area contributed by atoms with Gasteiger partial charge in [0.1, 0.15) is 11.5 Å². The average molecular weight is 419 g/mol. The summed E-state index contributed by atoms with van der Waals surface area (Å²) in [5, 5.41) is 26.3. The molecule has 4 aromatic rings. The van der Waals surface area contributed by atoms with Crippen molar-refractivity contribution in [3.8, 4) is 11.9 Å². The van der Waals surface area contributed by atoms with Crippen molar-refractivity contribution >= 4 is 23.4 Å². The summed E-state index contributed by atoms with van der Waals surface area (Å²) in [5.41, 5.74) is 0.517. The summed E-state index contributed by atoms with van der Waals surface area (Å²) >= 11 is 0. The Morgan fingerprint density at radius 2 is 2.19 bits per heavy atom. The molecule has 1 aliphatic rings. The Labute approximate surface area is 172 Å². The quantitative estimate of drug-likeness (QED) is 0.368. The summed E-state index contributed by atoms with van der Waals surface area (Å²) in [6.45, 7) is 0. The molecule has 1 saturated carbocycles. The van der Waals surface area contributed by atoms with E-state index in [1.165, 1.54) is 28.9 Å². The van der Waals surface area contributed by atoms with Gasteiger partial charge in [0.05, 0.1) is 29.6 Å². The van der Waals surface area contributed by atoms with Crippen molar-refractivity contribution < 1.29 is 9.50 Å². The first-order valence-corrected chi connectivity index (χ1v) is 9.29. The lowest BCUT2D eigenvalue weighted by Crippen LogP contribution is -2.24. The van der Waals surface area contributed by atoms with Gasteiger partial charge in [0, 0.05) is 5.22 Å². The van der Waals surface area contributed by atoms with Gasteiger partial charge in [-0.2, -0.15) is 24.8 Å². The summed E-state index contributed by atoms with van der Waals surface area (Å²) in [7, 11) is 0. The second kappa shape index (κ2) is 7.06. The Morgan fingerprint density at radius 1 is 1.35 bits per heavy atom. The largest absolute Gasteiger partial charge is 0.493 e. The summed E-state index contributed by atoms with van der Waals surface area (Å²) in [6.07, 6.45) is 4.87. The van der Waals surface area contributed by atoms with Crippen molar-refractivity contribution in [2.24, 2.45) is 4.99 Å². The number of aromatic nitrogens is 6. The number of aromatic hydroxyl groups is 1. The van der Waals surface area contributed by atoms with Gasteiger partial charge in [-0.3, -0.25) is 4.98 Å². The Balaban J connectivity index is 1.66. The second-order valence-corrected chi connectivity index (χ2v) is 6.96. The van der Waals surface area contributed by atoms with Gasteiger partial charge in [-0.25, -0.2) is 14.2 Å². The van der Waals surface area contributed by atoms with E-state index in [2.05, 4.69) is 35.3 Å². The molecule has 0 spiro atoms. The van der Waals surface area contributed by atoms with E-state index in [-0.39, 0.29) is 40.4 Å². The van der Waals surface area contributed by atoms with E-state index < -0.39 is 11.5 Å². The molecule has 0 aliphatic heterocycles. The topological polar surface area (TPSA) is 160 Å².